The van der Waals surface area contributed by atoms with Crippen molar-refractivity contribution in [2.45, 2.75) is 13.8 Å². The van der Waals surface area contributed by atoms with E-state index in [1.54, 1.807) is 4.90 Å². The Morgan fingerprint density at radius 2 is 1.79 bits per heavy atom. The number of aromatic nitrogens is 2. The van der Waals surface area contributed by atoms with E-state index in [-0.39, 0.29) is 11.0 Å². The monoisotopic (exact) mass is 288 g/mol. The van der Waals surface area contributed by atoms with Crippen LogP contribution in [0.25, 0.3) is 0 Å². The molecule has 7 nitrogen and oxygen atoms in total. The van der Waals surface area contributed by atoms with Gasteiger partial charge in [-0.3, -0.25) is 4.79 Å². The molecule has 8 heteroatoms. The second-order valence-electron chi connectivity index (χ2n) is 3.63. The van der Waals surface area contributed by atoms with E-state index >= 15 is 0 Å². The van der Waals surface area contributed by atoms with Crippen LogP contribution >= 0.6 is 11.3 Å². The van der Waals surface area contributed by atoms with Gasteiger partial charge in [0.15, 0.2) is 0 Å². The number of carbonyl (C=O) groups excluding carboxylic acids is 1. The Morgan fingerprint density at radius 1 is 1.21 bits per heavy atom. The summed E-state index contributed by atoms with van der Waals surface area (Å²) >= 11 is 1.09. The number of hydrogen-bond donors (Lipinski definition) is 1. The van der Waals surface area contributed by atoms with Crippen LogP contribution in [0.4, 0.5) is 5.13 Å². The lowest BCUT2D eigenvalue weighted by Gasteiger charge is -2.21. The predicted molar refractivity (Wildman–Crippen MR) is 73.2 cm³/mol. The summed E-state index contributed by atoms with van der Waals surface area (Å²) in [5, 5.41) is 8.00. The SMILES string of the molecule is CCOCCN(CCOCC)C(=O)c1nnc(N)s1. The Kier molecular flexibility index (Phi) is 7.31. The zero-order valence-corrected chi connectivity index (χ0v) is 12.1. The second kappa shape index (κ2) is 8.78. The Morgan fingerprint density at radius 3 is 2.21 bits per heavy atom. The van der Waals surface area contributed by atoms with Crippen LogP contribution in [-0.4, -0.2) is 60.5 Å². The molecule has 1 heterocycles. The summed E-state index contributed by atoms with van der Waals surface area (Å²) in [7, 11) is 0. The molecule has 0 aromatic carbocycles. The molecule has 19 heavy (non-hydrogen) atoms. The molecule has 0 atom stereocenters. The third-order valence-electron chi connectivity index (χ3n) is 2.33. The van der Waals surface area contributed by atoms with Gasteiger partial charge in [-0.2, -0.15) is 0 Å². The van der Waals surface area contributed by atoms with Gasteiger partial charge in [0.2, 0.25) is 10.1 Å². The smallest absolute Gasteiger partial charge is 0.285 e. The van der Waals surface area contributed by atoms with Crippen LogP contribution in [-0.2, 0) is 9.47 Å². The molecule has 0 bridgehead atoms. The Labute approximate surface area is 116 Å². The highest BCUT2D eigenvalue weighted by Gasteiger charge is 2.19. The van der Waals surface area contributed by atoms with Crippen LogP contribution in [0.15, 0.2) is 0 Å². The number of anilines is 1. The first-order chi connectivity index (χ1) is 9.19. The molecular formula is C11H20N4O3S. The van der Waals surface area contributed by atoms with Crippen molar-refractivity contribution in [1.29, 1.82) is 0 Å². The lowest BCUT2D eigenvalue weighted by Crippen LogP contribution is -2.36. The van der Waals surface area contributed by atoms with Gasteiger partial charge < -0.3 is 20.1 Å². The highest BCUT2D eigenvalue weighted by Crippen LogP contribution is 2.13. The van der Waals surface area contributed by atoms with Gasteiger partial charge in [-0.25, -0.2) is 0 Å². The first-order valence-electron chi connectivity index (χ1n) is 6.22. The van der Waals surface area contributed by atoms with Gasteiger partial charge in [-0.05, 0) is 13.8 Å². The van der Waals surface area contributed by atoms with Gasteiger partial charge in [0.25, 0.3) is 5.91 Å². The lowest BCUT2D eigenvalue weighted by atomic mass is 10.4. The first kappa shape index (κ1) is 15.8. The number of nitrogens with zero attached hydrogens (tertiary/aromatic N) is 3. The number of amides is 1. The normalized spacial score (nSPS) is 10.6. The van der Waals surface area contributed by atoms with Crippen molar-refractivity contribution in [2.24, 2.45) is 0 Å². The van der Waals surface area contributed by atoms with E-state index in [0.717, 1.165) is 11.3 Å². The van der Waals surface area contributed by atoms with Gasteiger partial charge in [0, 0.05) is 26.3 Å². The molecule has 0 fully saturated rings. The molecule has 108 valence electrons. The largest absolute Gasteiger partial charge is 0.380 e. The number of nitrogen functional groups attached to an aromatic ring is 1. The molecule has 0 radical (unpaired) electrons. The van der Waals surface area contributed by atoms with Crippen LogP contribution < -0.4 is 5.73 Å². The van der Waals surface area contributed by atoms with Crippen LogP contribution in [0, 0.1) is 0 Å². The molecular weight excluding hydrogens is 268 g/mol. The van der Waals surface area contributed by atoms with E-state index in [0.29, 0.717) is 44.5 Å². The van der Waals surface area contributed by atoms with Crippen LogP contribution in [0.1, 0.15) is 23.6 Å². The molecule has 0 aliphatic carbocycles. The molecule has 0 saturated carbocycles. The summed E-state index contributed by atoms with van der Waals surface area (Å²) < 4.78 is 10.5. The summed E-state index contributed by atoms with van der Waals surface area (Å²) in [6.07, 6.45) is 0. The van der Waals surface area contributed by atoms with Gasteiger partial charge >= 0.3 is 0 Å². The topological polar surface area (TPSA) is 90.6 Å². The fourth-order valence-electron chi connectivity index (χ4n) is 1.41. The zero-order valence-electron chi connectivity index (χ0n) is 11.3. The average molecular weight is 288 g/mol. The van der Waals surface area contributed by atoms with Crippen molar-refractivity contribution in [3.63, 3.8) is 0 Å². The van der Waals surface area contributed by atoms with Crippen LogP contribution in [0.5, 0.6) is 0 Å². The number of nitrogens with two attached hydrogens (primary N) is 1. The molecule has 1 rings (SSSR count). The van der Waals surface area contributed by atoms with Crippen LogP contribution in [0.2, 0.25) is 0 Å². The molecule has 0 unspecified atom stereocenters. The minimum absolute atomic E-state index is 0.186. The van der Waals surface area contributed by atoms with Gasteiger partial charge in [-0.15, -0.1) is 10.2 Å². The van der Waals surface area contributed by atoms with E-state index in [2.05, 4.69) is 10.2 Å². The summed E-state index contributed by atoms with van der Waals surface area (Å²) in [6, 6.07) is 0. The summed E-state index contributed by atoms with van der Waals surface area (Å²) in [5.74, 6) is -0.186. The maximum absolute atomic E-state index is 12.2. The number of rotatable bonds is 9. The quantitative estimate of drug-likeness (QED) is 0.670. The predicted octanol–water partition coefficient (Wildman–Crippen LogP) is 0.635. The molecule has 1 aromatic heterocycles. The number of hydrogen-bond acceptors (Lipinski definition) is 7. The molecule has 0 aliphatic rings. The summed E-state index contributed by atoms with van der Waals surface area (Å²) in [5.41, 5.74) is 5.48. The third-order valence-corrected chi connectivity index (χ3v) is 3.07. The minimum atomic E-state index is -0.186. The van der Waals surface area contributed by atoms with Crippen molar-refractivity contribution in [1.82, 2.24) is 15.1 Å². The molecule has 0 aliphatic heterocycles. The molecule has 1 amide bonds. The number of ether oxygens (including phenoxy) is 2. The number of carbonyl (C=O) groups is 1. The molecule has 1 aromatic rings. The fourth-order valence-corrected chi connectivity index (χ4v) is 1.99. The maximum atomic E-state index is 12.2. The fraction of sp³-hybridized carbons (Fsp3) is 0.727. The third kappa shape index (κ3) is 5.50. The molecule has 0 spiro atoms. The average Bonchev–Trinajstić information content (AvgIpc) is 2.83. The van der Waals surface area contributed by atoms with Crippen LogP contribution in [0.3, 0.4) is 0 Å². The van der Waals surface area contributed by atoms with Crippen molar-refractivity contribution in [2.75, 3.05) is 45.3 Å². The van der Waals surface area contributed by atoms with Crippen molar-refractivity contribution in [3.05, 3.63) is 5.01 Å². The highest BCUT2D eigenvalue weighted by molar-refractivity contribution is 7.16. The van der Waals surface area contributed by atoms with Gasteiger partial charge in [-0.1, -0.05) is 11.3 Å². The Balaban J connectivity index is 2.57. The summed E-state index contributed by atoms with van der Waals surface area (Å²) in [6.45, 7) is 7.05. The zero-order chi connectivity index (χ0) is 14.1. The molecule has 0 saturated heterocycles. The van der Waals surface area contributed by atoms with E-state index in [1.165, 1.54) is 0 Å². The minimum Gasteiger partial charge on any atom is -0.380 e. The van der Waals surface area contributed by atoms with Crippen molar-refractivity contribution >= 4 is 22.4 Å². The van der Waals surface area contributed by atoms with E-state index in [9.17, 15) is 4.79 Å². The first-order valence-corrected chi connectivity index (χ1v) is 7.04. The van der Waals surface area contributed by atoms with E-state index < -0.39 is 0 Å². The van der Waals surface area contributed by atoms with Crippen molar-refractivity contribution in [3.8, 4) is 0 Å². The van der Waals surface area contributed by atoms with E-state index in [1.807, 2.05) is 13.8 Å². The Hall–Kier alpha value is -1.25. The second-order valence-corrected chi connectivity index (χ2v) is 4.64. The van der Waals surface area contributed by atoms with Gasteiger partial charge in [0.05, 0.1) is 13.2 Å². The van der Waals surface area contributed by atoms with Crippen molar-refractivity contribution < 1.29 is 14.3 Å². The summed E-state index contributed by atoms with van der Waals surface area (Å²) in [4.78, 5) is 13.9. The lowest BCUT2D eigenvalue weighted by molar-refractivity contribution is 0.0549. The van der Waals surface area contributed by atoms with E-state index in [4.69, 9.17) is 15.2 Å². The maximum Gasteiger partial charge on any atom is 0.285 e. The highest BCUT2D eigenvalue weighted by atomic mass is 32.1. The molecule has 2 N–H and O–H groups in total. The Bertz CT molecular complexity index is 376. The van der Waals surface area contributed by atoms with Gasteiger partial charge in [0.1, 0.15) is 0 Å². The standard InChI is InChI=1S/C11H20N4O3S/c1-3-17-7-5-15(6-8-18-4-2)10(16)9-13-14-11(12)19-9/h3-8H2,1-2H3,(H2,12,14).